The molecule has 0 atom stereocenters. The first-order chi connectivity index (χ1) is 10.2. The summed E-state index contributed by atoms with van der Waals surface area (Å²) in [6.07, 6.45) is 2.85. The Morgan fingerprint density at radius 3 is 2.36 bits per heavy atom. The van der Waals surface area contributed by atoms with Crippen LogP contribution in [0.5, 0.6) is 11.8 Å². The van der Waals surface area contributed by atoms with E-state index in [1.165, 1.54) is 23.2 Å². The van der Waals surface area contributed by atoms with Crippen LogP contribution >= 0.6 is 11.6 Å². The van der Waals surface area contributed by atoms with Gasteiger partial charge >= 0.3 is 21.5 Å². The number of rotatable bonds is 4. The van der Waals surface area contributed by atoms with Crippen molar-refractivity contribution >= 4 is 27.3 Å². The van der Waals surface area contributed by atoms with E-state index in [0.717, 1.165) is 12.1 Å². The number of ether oxygens (including phenoxy) is 1. The average molecular weight is 354 g/mol. The third kappa shape index (κ3) is 3.77. The van der Waals surface area contributed by atoms with Gasteiger partial charge in [-0.25, -0.2) is 9.97 Å². The average Bonchev–Trinajstić information content (AvgIpc) is 2.42. The van der Waals surface area contributed by atoms with Crippen molar-refractivity contribution in [3.63, 3.8) is 0 Å². The highest BCUT2D eigenvalue weighted by molar-refractivity contribution is 7.93. The molecule has 0 aliphatic carbocycles. The molecule has 2 aromatic rings. The fourth-order valence-corrected chi connectivity index (χ4v) is 2.15. The number of halogens is 4. The second-order valence-electron chi connectivity index (χ2n) is 3.83. The predicted octanol–water partition coefficient (Wildman–Crippen LogP) is 3.18. The first-order valence-electron chi connectivity index (χ1n) is 5.52. The first kappa shape index (κ1) is 16.3. The number of nitrogens with one attached hydrogen (secondary N) is 1. The Bertz CT molecular complexity index is 769. The molecule has 0 radical (unpaired) electrons. The third-order valence-electron chi connectivity index (χ3n) is 2.24. The van der Waals surface area contributed by atoms with E-state index in [0.29, 0.717) is 0 Å². The molecule has 0 saturated heterocycles. The smallest absolute Gasteiger partial charge is 0.424 e. The maximum Gasteiger partial charge on any atom is 0.516 e. The van der Waals surface area contributed by atoms with Gasteiger partial charge in [0.1, 0.15) is 5.75 Å². The van der Waals surface area contributed by atoms with Gasteiger partial charge in [-0.2, -0.15) is 21.6 Å². The van der Waals surface area contributed by atoms with E-state index in [1.54, 1.807) is 6.07 Å². The molecule has 0 aliphatic heterocycles. The summed E-state index contributed by atoms with van der Waals surface area (Å²) >= 11 is 5.74. The molecule has 1 heterocycles. The van der Waals surface area contributed by atoms with E-state index in [1.807, 2.05) is 0 Å². The van der Waals surface area contributed by atoms with Gasteiger partial charge in [0.2, 0.25) is 0 Å². The minimum Gasteiger partial charge on any atom is -0.424 e. The molecule has 1 aromatic heterocycles. The monoisotopic (exact) mass is 353 g/mol. The zero-order valence-corrected chi connectivity index (χ0v) is 12.1. The van der Waals surface area contributed by atoms with E-state index >= 15 is 0 Å². The fourth-order valence-electron chi connectivity index (χ4n) is 1.29. The van der Waals surface area contributed by atoms with E-state index in [4.69, 9.17) is 16.3 Å². The topological polar surface area (TPSA) is 81.2 Å². The number of nitrogens with zero attached hydrogens (tertiary/aromatic N) is 2. The summed E-state index contributed by atoms with van der Waals surface area (Å²) in [5.41, 5.74) is -5.87. The summed E-state index contributed by atoms with van der Waals surface area (Å²) in [7, 11) is -5.54. The molecule has 0 amide bonds. The minimum absolute atomic E-state index is 0.00203. The molecule has 118 valence electrons. The van der Waals surface area contributed by atoms with Crippen molar-refractivity contribution in [2.24, 2.45) is 0 Å². The highest BCUT2D eigenvalue weighted by Gasteiger charge is 2.46. The Hall–Kier alpha value is -2.07. The van der Waals surface area contributed by atoms with Gasteiger partial charge in [0.25, 0.3) is 0 Å². The summed E-state index contributed by atoms with van der Waals surface area (Å²) in [5, 5.41) is -0.277. The fraction of sp³-hybridized carbons (Fsp3) is 0.0909. The second kappa shape index (κ2) is 5.97. The Labute approximate surface area is 128 Å². The van der Waals surface area contributed by atoms with Crippen LogP contribution in [0.2, 0.25) is 5.02 Å². The Kier molecular flexibility index (Phi) is 4.42. The van der Waals surface area contributed by atoms with E-state index in [-0.39, 0.29) is 16.8 Å². The summed E-state index contributed by atoms with van der Waals surface area (Å²) < 4.78 is 65.4. The summed E-state index contributed by atoms with van der Waals surface area (Å²) in [4.78, 5) is 7.56. The molecule has 11 heteroatoms. The van der Waals surface area contributed by atoms with Crippen molar-refractivity contribution in [1.29, 1.82) is 0 Å². The molecular weight excluding hydrogens is 347 g/mol. The number of hydrogen-bond acceptors (Lipinski definition) is 5. The highest BCUT2D eigenvalue weighted by atomic mass is 35.5. The molecule has 1 N–H and O–H groups in total. The molecule has 6 nitrogen and oxygen atoms in total. The molecule has 1 aromatic carbocycles. The van der Waals surface area contributed by atoms with E-state index < -0.39 is 21.2 Å². The number of alkyl halides is 3. The van der Waals surface area contributed by atoms with E-state index in [2.05, 4.69) is 9.97 Å². The minimum atomic E-state index is -5.54. The van der Waals surface area contributed by atoms with Crippen LogP contribution in [0.4, 0.5) is 18.9 Å². The summed E-state index contributed by atoms with van der Waals surface area (Å²) in [6.45, 7) is 0. The van der Waals surface area contributed by atoms with Crippen molar-refractivity contribution in [3.05, 3.63) is 41.7 Å². The van der Waals surface area contributed by atoms with Crippen LogP contribution in [-0.2, 0) is 10.0 Å². The van der Waals surface area contributed by atoms with Crippen molar-refractivity contribution in [2.75, 3.05) is 4.72 Å². The number of sulfonamides is 1. The maximum absolute atomic E-state index is 12.3. The van der Waals surface area contributed by atoms with Crippen LogP contribution in [0.25, 0.3) is 0 Å². The van der Waals surface area contributed by atoms with Gasteiger partial charge < -0.3 is 4.74 Å². The molecule has 0 aliphatic rings. The van der Waals surface area contributed by atoms with Gasteiger partial charge in [0.15, 0.2) is 0 Å². The maximum atomic E-state index is 12.3. The standard InChI is InChI=1S/C11H7ClF3N3O3S/c12-8-6-7(21-10-16-4-1-5-17-10)2-3-9(8)18-22(19,20)11(13,14)15/h1-6,18H. The van der Waals surface area contributed by atoms with Crippen LogP contribution in [-0.4, -0.2) is 23.9 Å². The predicted molar refractivity (Wildman–Crippen MR) is 72.2 cm³/mol. The quantitative estimate of drug-likeness (QED) is 0.913. The van der Waals surface area contributed by atoms with Gasteiger partial charge in [-0.15, -0.1) is 0 Å². The third-order valence-corrected chi connectivity index (χ3v) is 3.65. The number of aromatic nitrogens is 2. The number of hydrogen-bond donors (Lipinski definition) is 1. The van der Waals surface area contributed by atoms with Crippen molar-refractivity contribution in [1.82, 2.24) is 9.97 Å². The number of benzene rings is 1. The summed E-state index contributed by atoms with van der Waals surface area (Å²) in [5.74, 6) is 0.131. The molecule has 0 bridgehead atoms. The van der Waals surface area contributed by atoms with E-state index in [9.17, 15) is 21.6 Å². The lowest BCUT2D eigenvalue weighted by atomic mass is 10.3. The van der Waals surface area contributed by atoms with Crippen molar-refractivity contribution < 1.29 is 26.3 Å². The molecule has 0 spiro atoms. The van der Waals surface area contributed by atoms with Gasteiger partial charge in [-0.3, -0.25) is 4.72 Å². The van der Waals surface area contributed by atoms with Gasteiger partial charge in [-0.05, 0) is 18.2 Å². The van der Waals surface area contributed by atoms with Gasteiger partial charge in [0.05, 0.1) is 10.7 Å². The Morgan fingerprint density at radius 1 is 1.18 bits per heavy atom. The van der Waals surface area contributed by atoms with Crippen LogP contribution in [0.3, 0.4) is 0 Å². The Morgan fingerprint density at radius 2 is 1.82 bits per heavy atom. The lowest BCUT2D eigenvalue weighted by molar-refractivity contribution is -0.0429. The van der Waals surface area contributed by atoms with Crippen LogP contribution < -0.4 is 9.46 Å². The van der Waals surface area contributed by atoms with Crippen molar-refractivity contribution in [2.45, 2.75) is 5.51 Å². The van der Waals surface area contributed by atoms with Crippen molar-refractivity contribution in [3.8, 4) is 11.8 Å². The highest BCUT2D eigenvalue weighted by Crippen LogP contribution is 2.32. The molecule has 0 saturated carbocycles. The van der Waals surface area contributed by atoms with Gasteiger partial charge in [0, 0.05) is 18.5 Å². The lowest BCUT2D eigenvalue weighted by Crippen LogP contribution is -2.30. The second-order valence-corrected chi connectivity index (χ2v) is 5.91. The zero-order valence-electron chi connectivity index (χ0n) is 10.5. The normalized spacial score (nSPS) is 12.0. The molecule has 2 rings (SSSR count). The Balaban J connectivity index is 2.20. The molecular formula is C11H7ClF3N3O3S. The zero-order chi connectivity index (χ0) is 16.4. The molecule has 0 unspecified atom stereocenters. The molecule has 0 fully saturated rings. The SMILES string of the molecule is O=S(=O)(Nc1ccc(Oc2ncccn2)cc1Cl)C(F)(F)F. The summed E-state index contributed by atoms with van der Waals surface area (Å²) in [6, 6.07) is 4.95. The van der Waals surface area contributed by atoms with Crippen LogP contribution in [0, 0.1) is 0 Å². The van der Waals surface area contributed by atoms with Crippen LogP contribution in [0.15, 0.2) is 36.7 Å². The first-order valence-corrected chi connectivity index (χ1v) is 7.39. The molecule has 22 heavy (non-hydrogen) atoms. The van der Waals surface area contributed by atoms with Gasteiger partial charge in [-0.1, -0.05) is 11.6 Å². The lowest BCUT2D eigenvalue weighted by Gasteiger charge is -2.12. The largest absolute Gasteiger partial charge is 0.516 e. The number of anilines is 1. The van der Waals surface area contributed by atoms with Crippen LogP contribution in [0.1, 0.15) is 0 Å².